The van der Waals surface area contributed by atoms with Crippen molar-refractivity contribution >= 4 is 17.5 Å². The topological polar surface area (TPSA) is 41.1 Å². The van der Waals surface area contributed by atoms with Crippen molar-refractivity contribution in [1.82, 2.24) is 10.6 Å². The first-order chi connectivity index (χ1) is 9.75. The molecular weight excluding hydrogens is 272 g/mol. The summed E-state index contributed by atoms with van der Waals surface area (Å²) in [6.45, 7) is 2.85. The molecule has 1 aromatic rings. The predicted molar refractivity (Wildman–Crippen MR) is 83.0 cm³/mol. The summed E-state index contributed by atoms with van der Waals surface area (Å²) < 4.78 is 0. The second-order valence-corrected chi connectivity index (χ2v) is 5.83. The highest BCUT2D eigenvalue weighted by molar-refractivity contribution is 6.31. The highest BCUT2D eigenvalue weighted by Gasteiger charge is 2.14. The van der Waals surface area contributed by atoms with Crippen LogP contribution in [0.5, 0.6) is 0 Å². The number of rotatable bonds is 6. The molecule has 1 aromatic carbocycles. The third-order valence-corrected chi connectivity index (χ3v) is 4.28. The SMILES string of the molecule is O=C(CCC1CCNCC1)NCCc1ccccc1Cl. The molecular formula is C16H23ClN2O. The fourth-order valence-corrected chi connectivity index (χ4v) is 2.86. The molecule has 1 amide bonds. The first-order valence-corrected chi connectivity index (χ1v) is 7.84. The van der Waals surface area contributed by atoms with Gasteiger partial charge in [-0.2, -0.15) is 0 Å². The molecule has 1 saturated heterocycles. The predicted octanol–water partition coefficient (Wildman–Crippen LogP) is 2.78. The zero-order valence-corrected chi connectivity index (χ0v) is 12.6. The van der Waals surface area contributed by atoms with Crippen LogP contribution >= 0.6 is 11.6 Å². The lowest BCUT2D eigenvalue weighted by Gasteiger charge is -2.22. The van der Waals surface area contributed by atoms with E-state index in [9.17, 15) is 4.79 Å². The van der Waals surface area contributed by atoms with Crippen LogP contribution in [0, 0.1) is 5.92 Å². The van der Waals surface area contributed by atoms with Gasteiger partial charge in [-0.15, -0.1) is 0 Å². The maximum absolute atomic E-state index is 11.8. The van der Waals surface area contributed by atoms with Crippen molar-refractivity contribution in [3.63, 3.8) is 0 Å². The Morgan fingerprint density at radius 3 is 2.80 bits per heavy atom. The zero-order valence-electron chi connectivity index (χ0n) is 11.8. The van der Waals surface area contributed by atoms with Gasteiger partial charge in [0.1, 0.15) is 0 Å². The van der Waals surface area contributed by atoms with Gasteiger partial charge in [0.05, 0.1) is 0 Å². The molecule has 1 aliphatic heterocycles. The number of carbonyl (C=O) groups excluding carboxylic acids is 1. The number of hydrogen-bond donors (Lipinski definition) is 2. The van der Waals surface area contributed by atoms with Crippen molar-refractivity contribution in [2.75, 3.05) is 19.6 Å². The maximum Gasteiger partial charge on any atom is 0.220 e. The Kier molecular flexibility index (Phi) is 6.34. The van der Waals surface area contributed by atoms with Crippen molar-refractivity contribution in [2.24, 2.45) is 5.92 Å². The summed E-state index contributed by atoms with van der Waals surface area (Å²) in [6.07, 6.45) is 4.85. The Balaban J connectivity index is 1.61. The Bertz CT molecular complexity index is 430. The van der Waals surface area contributed by atoms with Gasteiger partial charge in [0.25, 0.3) is 0 Å². The minimum atomic E-state index is 0.163. The summed E-state index contributed by atoms with van der Waals surface area (Å²) in [4.78, 5) is 11.8. The van der Waals surface area contributed by atoms with E-state index in [-0.39, 0.29) is 5.91 Å². The Morgan fingerprint density at radius 2 is 2.05 bits per heavy atom. The van der Waals surface area contributed by atoms with E-state index in [0.29, 0.717) is 18.9 Å². The molecule has 0 saturated carbocycles. The third-order valence-electron chi connectivity index (χ3n) is 3.91. The monoisotopic (exact) mass is 294 g/mol. The van der Waals surface area contributed by atoms with Crippen LogP contribution in [0.4, 0.5) is 0 Å². The minimum absolute atomic E-state index is 0.163. The fraction of sp³-hybridized carbons (Fsp3) is 0.562. The Hall–Kier alpha value is -1.06. The van der Waals surface area contributed by atoms with Gasteiger partial charge in [0, 0.05) is 18.0 Å². The average Bonchev–Trinajstić information content (AvgIpc) is 2.48. The minimum Gasteiger partial charge on any atom is -0.356 e. The number of carbonyl (C=O) groups is 1. The largest absolute Gasteiger partial charge is 0.356 e. The number of hydrogen-bond acceptors (Lipinski definition) is 2. The summed E-state index contributed by atoms with van der Waals surface area (Å²) in [5, 5.41) is 7.11. The second kappa shape index (κ2) is 8.28. The normalized spacial score (nSPS) is 16.1. The summed E-state index contributed by atoms with van der Waals surface area (Å²) in [5.74, 6) is 0.876. The molecule has 0 aromatic heterocycles. The molecule has 4 heteroatoms. The van der Waals surface area contributed by atoms with Gasteiger partial charge in [0.2, 0.25) is 5.91 Å². The van der Waals surface area contributed by atoms with E-state index in [1.165, 1.54) is 12.8 Å². The van der Waals surface area contributed by atoms with Crippen LogP contribution < -0.4 is 10.6 Å². The lowest BCUT2D eigenvalue weighted by Crippen LogP contribution is -2.30. The van der Waals surface area contributed by atoms with Gasteiger partial charge < -0.3 is 10.6 Å². The standard InChI is InChI=1S/C16H23ClN2O/c17-15-4-2-1-3-14(15)9-12-19-16(20)6-5-13-7-10-18-11-8-13/h1-4,13,18H,5-12H2,(H,19,20). The first kappa shape index (κ1) is 15.3. The second-order valence-electron chi connectivity index (χ2n) is 5.42. The van der Waals surface area contributed by atoms with Gasteiger partial charge in [-0.25, -0.2) is 0 Å². The van der Waals surface area contributed by atoms with E-state index in [0.717, 1.165) is 36.5 Å². The van der Waals surface area contributed by atoms with Crippen molar-refractivity contribution in [2.45, 2.75) is 32.1 Å². The molecule has 2 rings (SSSR count). The number of benzene rings is 1. The van der Waals surface area contributed by atoms with Crippen molar-refractivity contribution in [3.8, 4) is 0 Å². The third kappa shape index (κ3) is 5.14. The highest BCUT2D eigenvalue weighted by atomic mass is 35.5. The molecule has 1 fully saturated rings. The summed E-state index contributed by atoms with van der Waals surface area (Å²) in [5.41, 5.74) is 1.09. The molecule has 0 radical (unpaired) electrons. The molecule has 0 bridgehead atoms. The van der Waals surface area contributed by atoms with Crippen LogP contribution in [0.2, 0.25) is 5.02 Å². The van der Waals surface area contributed by atoms with E-state index >= 15 is 0 Å². The van der Waals surface area contributed by atoms with Crippen LogP contribution in [0.1, 0.15) is 31.2 Å². The van der Waals surface area contributed by atoms with E-state index in [4.69, 9.17) is 11.6 Å². The van der Waals surface area contributed by atoms with Crippen molar-refractivity contribution < 1.29 is 4.79 Å². The molecule has 0 spiro atoms. The van der Waals surface area contributed by atoms with Crippen LogP contribution in [0.15, 0.2) is 24.3 Å². The molecule has 0 aliphatic carbocycles. The maximum atomic E-state index is 11.8. The molecule has 0 atom stereocenters. The number of piperidine rings is 1. The fourth-order valence-electron chi connectivity index (χ4n) is 2.63. The van der Waals surface area contributed by atoms with Gasteiger partial charge in [-0.1, -0.05) is 29.8 Å². The van der Waals surface area contributed by atoms with Gasteiger partial charge in [-0.05, 0) is 56.3 Å². The van der Waals surface area contributed by atoms with Gasteiger partial charge in [-0.3, -0.25) is 4.79 Å². The first-order valence-electron chi connectivity index (χ1n) is 7.46. The highest BCUT2D eigenvalue weighted by Crippen LogP contribution is 2.17. The molecule has 110 valence electrons. The summed E-state index contributed by atoms with van der Waals surface area (Å²) in [6, 6.07) is 7.78. The number of nitrogens with one attached hydrogen (secondary N) is 2. The average molecular weight is 295 g/mol. The molecule has 20 heavy (non-hydrogen) atoms. The Morgan fingerprint density at radius 1 is 1.30 bits per heavy atom. The quantitative estimate of drug-likeness (QED) is 0.847. The lowest BCUT2D eigenvalue weighted by molar-refractivity contribution is -0.121. The zero-order chi connectivity index (χ0) is 14.2. The van der Waals surface area contributed by atoms with Crippen LogP contribution in [-0.4, -0.2) is 25.5 Å². The van der Waals surface area contributed by atoms with Gasteiger partial charge >= 0.3 is 0 Å². The van der Waals surface area contributed by atoms with E-state index in [1.807, 2.05) is 24.3 Å². The number of halogens is 1. The molecule has 3 nitrogen and oxygen atoms in total. The molecule has 1 heterocycles. The summed E-state index contributed by atoms with van der Waals surface area (Å²) in [7, 11) is 0. The molecule has 2 N–H and O–H groups in total. The number of amides is 1. The van der Waals surface area contributed by atoms with Crippen molar-refractivity contribution in [3.05, 3.63) is 34.9 Å². The van der Waals surface area contributed by atoms with E-state index < -0.39 is 0 Å². The van der Waals surface area contributed by atoms with Crippen molar-refractivity contribution in [1.29, 1.82) is 0 Å². The molecule has 0 unspecified atom stereocenters. The van der Waals surface area contributed by atoms with Crippen LogP contribution in [0.3, 0.4) is 0 Å². The Labute approximate surface area is 126 Å². The smallest absolute Gasteiger partial charge is 0.220 e. The van der Waals surface area contributed by atoms with Crippen LogP contribution in [-0.2, 0) is 11.2 Å². The van der Waals surface area contributed by atoms with Gasteiger partial charge in [0.15, 0.2) is 0 Å². The summed E-state index contributed by atoms with van der Waals surface area (Å²) >= 11 is 6.08. The lowest BCUT2D eigenvalue weighted by atomic mass is 9.93. The van der Waals surface area contributed by atoms with Crippen LogP contribution in [0.25, 0.3) is 0 Å². The van der Waals surface area contributed by atoms with E-state index in [2.05, 4.69) is 10.6 Å². The van der Waals surface area contributed by atoms with E-state index in [1.54, 1.807) is 0 Å². The molecule has 1 aliphatic rings.